The lowest BCUT2D eigenvalue weighted by molar-refractivity contribution is -0.127. The molecule has 138 valence electrons. The molecule has 3 amide bonds. The van der Waals surface area contributed by atoms with Crippen molar-refractivity contribution in [1.29, 1.82) is 0 Å². The molecule has 5 nitrogen and oxygen atoms in total. The van der Waals surface area contributed by atoms with Gasteiger partial charge in [-0.05, 0) is 50.7 Å². The SMILES string of the molecule is CC(=O)N1CC[C@H](CN(C)C(=O)N[C@@H](C)Cc2ccc(C)cc2C)C1. The smallest absolute Gasteiger partial charge is 0.317 e. The van der Waals surface area contributed by atoms with Crippen LogP contribution < -0.4 is 5.32 Å². The standard InChI is InChI=1S/C20H31N3O2/c1-14-6-7-19(15(2)10-14)11-16(3)21-20(25)22(5)12-18-8-9-23(13-18)17(4)24/h6-7,10,16,18H,8-9,11-13H2,1-5H3,(H,21,25)/t16-,18+/m0/s1. The zero-order valence-corrected chi connectivity index (χ0v) is 16.1. The van der Waals surface area contributed by atoms with Crippen molar-refractivity contribution in [3.8, 4) is 0 Å². The Bertz CT molecular complexity index is 629. The van der Waals surface area contributed by atoms with Crippen molar-refractivity contribution in [2.24, 2.45) is 5.92 Å². The molecule has 1 aliphatic rings. The number of rotatable bonds is 5. The largest absolute Gasteiger partial charge is 0.343 e. The summed E-state index contributed by atoms with van der Waals surface area (Å²) in [6.07, 6.45) is 1.79. The van der Waals surface area contributed by atoms with E-state index in [9.17, 15) is 9.59 Å². The third-order valence-corrected chi connectivity index (χ3v) is 5.00. The minimum atomic E-state index is -0.0430. The van der Waals surface area contributed by atoms with E-state index in [1.807, 2.05) is 18.9 Å². The van der Waals surface area contributed by atoms with E-state index < -0.39 is 0 Å². The second-order valence-electron chi connectivity index (χ2n) is 7.48. The topological polar surface area (TPSA) is 52.7 Å². The normalized spacial score (nSPS) is 18.1. The third-order valence-electron chi connectivity index (χ3n) is 5.00. The maximum Gasteiger partial charge on any atom is 0.317 e. The van der Waals surface area contributed by atoms with E-state index in [-0.39, 0.29) is 18.0 Å². The van der Waals surface area contributed by atoms with Gasteiger partial charge >= 0.3 is 6.03 Å². The Hall–Kier alpha value is -2.04. The molecule has 25 heavy (non-hydrogen) atoms. The highest BCUT2D eigenvalue weighted by atomic mass is 16.2. The number of likely N-dealkylation sites (tertiary alicyclic amines) is 1. The molecule has 1 aromatic carbocycles. The molecule has 5 heteroatoms. The average molecular weight is 345 g/mol. The van der Waals surface area contributed by atoms with Crippen LogP contribution in [0.15, 0.2) is 18.2 Å². The van der Waals surface area contributed by atoms with Crippen molar-refractivity contribution in [2.45, 2.75) is 46.6 Å². The molecule has 0 aromatic heterocycles. The van der Waals surface area contributed by atoms with Crippen molar-refractivity contribution in [3.63, 3.8) is 0 Å². The van der Waals surface area contributed by atoms with Gasteiger partial charge in [0.15, 0.2) is 0 Å². The summed E-state index contributed by atoms with van der Waals surface area (Å²) in [5, 5.41) is 3.08. The van der Waals surface area contributed by atoms with Gasteiger partial charge in [0.2, 0.25) is 5.91 Å². The highest BCUT2D eigenvalue weighted by Gasteiger charge is 2.26. The Kier molecular flexibility index (Phi) is 6.45. The molecule has 1 N–H and O–H groups in total. The van der Waals surface area contributed by atoms with E-state index in [1.165, 1.54) is 16.7 Å². The molecule has 1 heterocycles. The van der Waals surface area contributed by atoms with Crippen molar-refractivity contribution in [1.82, 2.24) is 15.1 Å². The summed E-state index contributed by atoms with van der Waals surface area (Å²) in [7, 11) is 1.83. The van der Waals surface area contributed by atoms with Gasteiger partial charge in [-0.1, -0.05) is 23.8 Å². The van der Waals surface area contributed by atoms with Gasteiger partial charge in [0.05, 0.1) is 0 Å². The fourth-order valence-corrected chi connectivity index (χ4v) is 3.51. The van der Waals surface area contributed by atoms with Gasteiger partial charge in [-0.25, -0.2) is 4.79 Å². The molecular formula is C20H31N3O2. The molecule has 0 spiro atoms. The van der Waals surface area contributed by atoms with Crippen LogP contribution in [0.25, 0.3) is 0 Å². The third kappa shape index (κ3) is 5.48. The van der Waals surface area contributed by atoms with Crippen LogP contribution in [-0.2, 0) is 11.2 Å². The Labute approximate surface area is 151 Å². The summed E-state index contributed by atoms with van der Waals surface area (Å²) >= 11 is 0. The fourth-order valence-electron chi connectivity index (χ4n) is 3.51. The van der Waals surface area contributed by atoms with Crippen LogP contribution in [0.2, 0.25) is 0 Å². The molecule has 0 unspecified atom stereocenters. The molecular weight excluding hydrogens is 314 g/mol. The van der Waals surface area contributed by atoms with Crippen LogP contribution in [0, 0.1) is 19.8 Å². The number of nitrogens with zero attached hydrogens (tertiary/aromatic N) is 2. The molecule has 0 bridgehead atoms. The first-order chi connectivity index (χ1) is 11.8. The predicted octanol–water partition coefficient (Wildman–Crippen LogP) is 2.74. The summed E-state index contributed by atoms with van der Waals surface area (Å²) in [4.78, 5) is 27.4. The molecule has 0 radical (unpaired) electrons. The van der Waals surface area contributed by atoms with E-state index in [0.29, 0.717) is 12.5 Å². The highest BCUT2D eigenvalue weighted by Crippen LogP contribution is 2.17. The quantitative estimate of drug-likeness (QED) is 0.892. The van der Waals surface area contributed by atoms with Crippen LogP contribution >= 0.6 is 0 Å². The second-order valence-corrected chi connectivity index (χ2v) is 7.48. The van der Waals surface area contributed by atoms with Gasteiger partial charge < -0.3 is 15.1 Å². The Balaban J connectivity index is 1.81. The lowest BCUT2D eigenvalue weighted by Crippen LogP contribution is -2.44. The van der Waals surface area contributed by atoms with E-state index in [2.05, 4.69) is 37.4 Å². The summed E-state index contributed by atoms with van der Waals surface area (Å²) in [5.74, 6) is 0.492. The maximum atomic E-state index is 12.4. The summed E-state index contributed by atoms with van der Waals surface area (Å²) < 4.78 is 0. The first-order valence-electron chi connectivity index (χ1n) is 9.09. The summed E-state index contributed by atoms with van der Waals surface area (Å²) in [5.41, 5.74) is 3.80. The molecule has 1 saturated heterocycles. The van der Waals surface area contributed by atoms with E-state index >= 15 is 0 Å². The number of hydrogen-bond acceptors (Lipinski definition) is 2. The summed E-state index contributed by atoms with van der Waals surface area (Å²) in [6, 6.07) is 6.47. The highest BCUT2D eigenvalue weighted by molar-refractivity contribution is 5.74. The second kappa shape index (κ2) is 8.37. The van der Waals surface area contributed by atoms with Gasteiger partial charge in [-0.3, -0.25) is 4.79 Å². The monoisotopic (exact) mass is 345 g/mol. The number of benzene rings is 1. The zero-order chi connectivity index (χ0) is 18.6. The van der Waals surface area contributed by atoms with Crippen LogP contribution in [0.3, 0.4) is 0 Å². The predicted molar refractivity (Wildman–Crippen MR) is 101 cm³/mol. The van der Waals surface area contributed by atoms with Crippen LogP contribution in [-0.4, -0.2) is 54.5 Å². The fraction of sp³-hybridized carbons (Fsp3) is 0.600. The van der Waals surface area contributed by atoms with Crippen molar-refractivity contribution >= 4 is 11.9 Å². The van der Waals surface area contributed by atoms with Gasteiger partial charge in [-0.15, -0.1) is 0 Å². The molecule has 2 rings (SSSR count). The zero-order valence-electron chi connectivity index (χ0n) is 16.1. The van der Waals surface area contributed by atoms with Crippen LogP contribution in [0.5, 0.6) is 0 Å². The molecule has 0 saturated carbocycles. The van der Waals surface area contributed by atoms with Crippen molar-refractivity contribution in [3.05, 3.63) is 34.9 Å². The average Bonchev–Trinajstić information content (AvgIpc) is 2.98. The Morgan fingerprint density at radius 1 is 1.36 bits per heavy atom. The maximum absolute atomic E-state index is 12.4. The number of aryl methyl sites for hydroxylation is 2. The first-order valence-corrected chi connectivity index (χ1v) is 9.09. The van der Waals surface area contributed by atoms with E-state index in [0.717, 1.165) is 25.9 Å². The van der Waals surface area contributed by atoms with Crippen LogP contribution in [0.1, 0.15) is 37.0 Å². The van der Waals surface area contributed by atoms with Crippen LogP contribution in [0.4, 0.5) is 4.79 Å². The molecule has 1 aliphatic heterocycles. The Morgan fingerprint density at radius 2 is 2.08 bits per heavy atom. The van der Waals surface area contributed by atoms with E-state index in [4.69, 9.17) is 0 Å². The lowest BCUT2D eigenvalue weighted by atomic mass is 10.00. The first kappa shape index (κ1) is 19.3. The molecule has 1 fully saturated rings. The van der Waals surface area contributed by atoms with Gasteiger partial charge in [0, 0.05) is 39.6 Å². The summed E-state index contributed by atoms with van der Waals surface area (Å²) in [6.45, 7) is 10.1. The number of hydrogen-bond donors (Lipinski definition) is 1. The number of nitrogens with one attached hydrogen (secondary N) is 1. The molecule has 0 aliphatic carbocycles. The molecule has 2 atom stereocenters. The van der Waals surface area contributed by atoms with Gasteiger partial charge in [0.1, 0.15) is 0 Å². The number of amides is 3. The number of urea groups is 1. The number of carbonyl (C=O) groups is 2. The van der Waals surface area contributed by atoms with Crippen molar-refractivity contribution in [2.75, 3.05) is 26.7 Å². The van der Waals surface area contributed by atoms with Crippen molar-refractivity contribution < 1.29 is 9.59 Å². The minimum Gasteiger partial charge on any atom is -0.343 e. The number of carbonyl (C=O) groups excluding carboxylic acids is 2. The molecule has 1 aromatic rings. The van der Waals surface area contributed by atoms with Gasteiger partial charge in [-0.2, -0.15) is 0 Å². The Morgan fingerprint density at radius 3 is 2.68 bits per heavy atom. The van der Waals surface area contributed by atoms with E-state index in [1.54, 1.807) is 11.8 Å². The lowest BCUT2D eigenvalue weighted by Gasteiger charge is -2.24. The van der Waals surface area contributed by atoms with Gasteiger partial charge in [0.25, 0.3) is 0 Å². The minimum absolute atomic E-state index is 0.0430.